The first-order valence-corrected chi connectivity index (χ1v) is 7.13. The topological polar surface area (TPSA) is 85.2 Å². The summed E-state index contributed by atoms with van der Waals surface area (Å²) in [5, 5.41) is 3.40. The summed E-state index contributed by atoms with van der Waals surface area (Å²) in [6.07, 6.45) is 1.01. The van der Waals surface area contributed by atoms with Crippen molar-refractivity contribution in [2.45, 2.75) is 25.9 Å². The summed E-state index contributed by atoms with van der Waals surface area (Å²) >= 11 is 0. The molecule has 7 nitrogen and oxygen atoms in total. The fourth-order valence-corrected chi connectivity index (χ4v) is 1.86. The van der Waals surface area contributed by atoms with Crippen LogP contribution in [-0.2, 0) is 9.84 Å². The van der Waals surface area contributed by atoms with E-state index in [4.69, 9.17) is 0 Å². The van der Waals surface area contributed by atoms with Gasteiger partial charge in [0.1, 0.15) is 5.82 Å². The predicted molar refractivity (Wildman–Crippen MR) is 61.6 cm³/mol. The van der Waals surface area contributed by atoms with Gasteiger partial charge in [-0.15, -0.1) is 5.10 Å². The molecule has 1 amide bonds. The van der Waals surface area contributed by atoms with Crippen molar-refractivity contribution < 1.29 is 13.2 Å². The molecule has 0 saturated heterocycles. The van der Waals surface area contributed by atoms with Crippen LogP contribution in [-0.4, -0.2) is 53.5 Å². The molecule has 0 atom stereocenters. The standard InChI is InChI=1S/C9H16N4O3S/c1-5-12(6-2)9(14)13-7(3)10-8(11-13)17(4,15)16/h5-6H2,1-4H3. The third-order valence-electron chi connectivity index (χ3n) is 2.30. The monoisotopic (exact) mass is 260 g/mol. The fraction of sp³-hybridized carbons (Fsp3) is 0.667. The average Bonchev–Trinajstić information content (AvgIpc) is 2.61. The SMILES string of the molecule is CCN(CC)C(=O)n1nc(S(C)(=O)=O)nc1C. The molecule has 0 spiro atoms. The first-order chi connectivity index (χ1) is 7.81. The van der Waals surface area contributed by atoms with E-state index >= 15 is 0 Å². The van der Waals surface area contributed by atoms with Gasteiger partial charge >= 0.3 is 6.03 Å². The van der Waals surface area contributed by atoms with E-state index in [0.29, 0.717) is 13.1 Å². The van der Waals surface area contributed by atoms with Crippen LogP contribution in [0.25, 0.3) is 0 Å². The Hall–Kier alpha value is -1.44. The zero-order chi connectivity index (χ0) is 13.2. The van der Waals surface area contributed by atoms with Crippen LogP contribution in [0.3, 0.4) is 0 Å². The molecule has 0 saturated carbocycles. The lowest BCUT2D eigenvalue weighted by Gasteiger charge is -2.17. The van der Waals surface area contributed by atoms with E-state index in [-0.39, 0.29) is 17.0 Å². The molecule has 0 fully saturated rings. The fourth-order valence-electron chi connectivity index (χ4n) is 1.33. The van der Waals surface area contributed by atoms with Gasteiger partial charge in [-0.05, 0) is 20.8 Å². The van der Waals surface area contributed by atoms with Crippen LogP contribution >= 0.6 is 0 Å². The Morgan fingerprint density at radius 1 is 1.35 bits per heavy atom. The smallest absolute Gasteiger partial charge is 0.323 e. The summed E-state index contributed by atoms with van der Waals surface area (Å²) in [5.41, 5.74) is 0. The van der Waals surface area contributed by atoms with Gasteiger partial charge in [-0.3, -0.25) is 0 Å². The molecule has 1 heterocycles. The number of nitrogens with zero attached hydrogens (tertiary/aromatic N) is 4. The molecular weight excluding hydrogens is 244 g/mol. The van der Waals surface area contributed by atoms with Crippen LogP contribution in [0.1, 0.15) is 19.7 Å². The Labute approximate surface area is 100 Å². The van der Waals surface area contributed by atoms with Crippen molar-refractivity contribution in [2.75, 3.05) is 19.3 Å². The number of hydrogen-bond donors (Lipinski definition) is 0. The van der Waals surface area contributed by atoms with Crippen LogP contribution in [0.4, 0.5) is 4.79 Å². The molecule has 1 aromatic rings. The summed E-state index contributed by atoms with van der Waals surface area (Å²) in [4.78, 5) is 17.3. The molecule has 0 aromatic carbocycles. The van der Waals surface area contributed by atoms with Gasteiger partial charge < -0.3 is 4.90 Å². The predicted octanol–water partition coefficient (Wildman–Crippen LogP) is 0.300. The molecule has 0 unspecified atom stereocenters. The van der Waals surface area contributed by atoms with Gasteiger partial charge in [0.15, 0.2) is 0 Å². The van der Waals surface area contributed by atoms with Crippen molar-refractivity contribution in [3.8, 4) is 0 Å². The quantitative estimate of drug-likeness (QED) is 0.780. The number of sulfone groups is 1. The zero-order valence-corrected chi connectivity index (χ0v) is 11.2. The van der Waals surface area contributed by atoms with E-state index in [1.54, 1.807) is 6.92 Å². The third kappa shape index (κ3) is 2.82. The molecule has 0 radical (unpaired) electrons. The van der Waals surface area contributed by atoms with Crippen LogP contribution in [0, 0.1) is 6.92 Å². The summed E-state index contributed by atoms with van der Waals surface area (Å²) in [6.45, 7) is 6.28. The van der Waals surface area contributed by atoms with Crippen molar-refractivity contribution in [2.24, 2.45) is 0 Å². The number of aryl methyl sites for hydroxylation is 1. The molecular formula is C9H16N4O3S. The second kappa shape index (κ2) is 4.82. The lowest BCUT2D eigenvalue weighted by molar-refractivity contribution is 0.200. The largest absolute Gasteiger partial charge is 0.346 e. The highest BCUT2D eigenvalue weighted by atomic mass is 32.2. The van der Waals surface area contributed by atoms with E-state index in [0.717, 1.165) is 10.9 Å². The maximum Gasteiger partial charge on any atom is 0.346 e. The van der Waals surface area contributed by atoms with Crippen LogP contribution in [0.2, 0.25) is 0 Å². The highest BCUT2D eigenvalue weighted by Gasteiger charge is 2.21. The van der Waals surface area contributed by atoms with E-state index in [2.05, 4.69) is 10.1 Å². The minimum atomic E-state index is -3.49. The van der Waals surface area contributed by atoms with Crippen LogP contribution < -0.4 is 0 Å². The van der Waals surface area contributed by atoms with Crippen LogP contribution in [0.15, 0.2) is 5.16 Å². The van der Waals surface area contributed by atoms with Gasteiger partial charge in [0, 0.05) is 19.3 Å². The molecule has 1 aromatic heterocycles. The lowest BCUT2D eigenvalue weighted by Crippen LogP contribution is -2.35. The number of carbonyl (C=O) groups excluding carboxylic acids is 1. The molecule has 0 bridgehead atoms. The van der Waals surface area contributed by atoms with Gasteiger partial charge in [-0.1, -0.05) is 0 Å². The second-order valence-electron chi connectivity index (χ2n) is 3.58. The Morgan fingerprint density at radius 3 is 2.24 bits per heavy atom. The Morgan fingerprint density at radius 2 is 1.88 bits per heavy atom. The molecule has 8 heteroatoms. The minimum Gasteiger partial charge on any atom is -0.323 e. The number of hydrogen-bond acceptors (Lipinski definition) is 5. The van der Waals surface area contributed by atoms with E-state index < -0.39 is 9.84 Å². The highest BCUT2D eigenvalue weighted by Crippen LogP contribution is 2.05. The van der Waals surface area contributed by atoms with Crippen molar-refractivity contribution >= 4 is 15.9 Å². The van der Waals surface area contributed by atoms with Gasteiger partial charge in [-0.25, -0.2) is 18.2 Å². The Balaban J connectivity index is 3.16. The maximum absolute atomic E-state index is 12.0. The van der Waals surface area contributed by atoms with E-state index in [1.807, 2.05) is 13.8 Å². The van der Waals surface area contributed by atoms with Crippen molar-refractivity contribution in [3.05, 3.63) is 5.82 Å². The van der Waals surface area contributed by atoms with Crippen molar-refractivity contribution in [3.63, 3.8) is 0 Å². The minimum absolute atomic E-state index is 0.266. The number of carbonyl (C=O) groups is 1. The van der Waals surface area contributed by atoms with Crippen molar-refractivity contribution in [1.29, 1.82) is 0 Å². The Bertz CT molecular complexity index is 516. The van der Waals surface area contributed by atoms with Gasteiger partial charge in [0.05, 0.1) is 0 Å². The summed E-state index contributed by atoms with van der Waals surface area (Å²) in [5.74, 6) is 0.266. The Kier molecular flexibility index (Phi) is 3.87. The first-order valence-electron chi connectivity index (χ1n) is 5.24. The molecule has 17 heavy (non-hydrogen) atoms. The highest BCUT2D eigenvalue weighted by molar-refractivity contribution is 7.90. The molecule has 0 aliphatic heterocycles. The lowest BCUT2D eigenvalue weighted by atomic mass is 10.5. The third-order valence-corrected chi connectivity index (χ3v) is 3.13. The van der Waals surface area contributed by atoms with Gasteiger partial charge in [0.25, 0.3) is 5.16 Å². The normalized spacial score (nSPS) is 11.5. The number of rotatable bonds is 3. The average molecular weight is 260 g/mol. The summed E-state index contributed by atoms with van der Waals surface area (Å²) in [6, 6.07) is -0.366. The molecule has 96 valence electrons. The van der Waals surface area contributed by atoms with Crippen LogP contribution in [0.5, 0.6) is 0 Å². The zero-order valence-electron chi connectivity index (χ0n) is 10.3. The summed E-state index contributed by atoms with van der Waals surface area (Å²) < 4.78 is 23.6. The van der Waals surface area contributed by atoms with Gasteiger partial charge in [-0.2, -0.15) is 4.68 Å². The molecule has 0 aliphatic rings. The second-order valence-corrected chi connectivity index (χ2v) is 5.49. The summed E-state index contributed by atoms with van der Waals surface area (Å²) in [7, 11) is -3.49. The van der Waals surface area contributed by atoms with E-state index in [9.17, 15) is 13.2 Å². The first kappa shape index (κ1) is 13.6. The number of amides is 1. The molecule has 1 rings (SSSR count). The molecule has 0 N–H and O–H groups in total. The molecule has 0 aliphatic carbocycles. The van der Waals surface area contributed by atoms with Crippen molar-refractivity contribution in [1.82, 2.24) is 19.7 Å². The van der Waals surface area contributed by atoms with Gasteiger partial charge in [0.2, 0.25) is 9.84 Å². The maximum atomic E-state index is 12.0. The number of aromatic nitrogens is 3. The van der Waals surface area contributed by atoms with E-state index in [1.165, 1.54) is 4.90 Å².